The van der Waals surface area contributed by atoms with Crippen LogP contribution in [0.25, 0.3) is 0 Å². The van der Waals surface area contributed by atoms with Gasteiger partial charge in [-0.05, 0) is 22.8 Å². The SMILES string of the molecule is COC(=O)c1c[nH+]c(Cl)c(N=O)c1. The number of hydrogen-bond donors (Lipinski definition) is 0. The number of ether oxygens (including phenoxy) is 1. The van der Waals surface area contributed by atoms with Crippen LogP contribution in [0.5, 0.6) is 0 Å². The zero-order valence-corrected chi connectivity index (χ0v) is 7.46. The average Bonchev–Trinajstić information content (AvgIpc) is 2.17. The summed E-state index contributed by atoms with van der Waals surface area (Å²) >= 11 is 5.54. The van der Waals surface area contributed by atoms with Gasteiger partial charge < -0.3 is 4.74 Å². The molecule has 0 fully saturated rings. The smallest absolute Gasteiger partial charge is 0.344 e. The number of hydrogen-bond acceptors (Lipinski definition) is 4. The maximum absolute atomic E-state index is 11.0. The minimum absolute atomic E-state index is 0.0235. The molecule has 1 aromatic rings. The molecule has 1 rings (SSSR count). The van der Waals surface area contributed by atoms with Crippen molar-refractivity contribution in [3.8, 4) is 0 Å². The molecule has 0 amide bonds. The number of nitrogens with zero attached hydrogens (tertiary/aromatic N) is 1. The third-order valence-corrected chi connectivity index (χ3v) is 1.69. The first-order valence-corrected chi connectivity index (χ1v) is 3.69. The summed E-state index contributed by atoms with van der Waals surface area (Å²) in [6.07, 6.45) is 1.34. The molecule has 13 heavy (non-hydrogen) atoms. The molecule has 1 heterocycles. The van der Waals surface area contributed by atoms with E-state index < -0.39 is 5.97 Å². The Morgan fingerprint density at radius 2 is 2.38 bits per heavy atom. The number of aromatic nitrogens is 1. The number of methoxy groups -OCH3 is 1. The predicted molar refractivity (Wildman–Crippen MR) is 44.8 cm³/mol. The molecule has 0 radical (unpaired) electrons. The van der Waals surface area contributed by atoms with Gasteiger partial charge in [-0.2, -0.15) is 4.98 Å². The first-order valence-electron chi connectivity index (χ1n) is 3.32. The van der Waals surface area contributed by atoms with Gasteiger partial charge in [-0.15, -0.1) is 4.91 Å². The van der Waals surface area contributed by atoms with Crippen molar-refractivity contribution in [1.82, 2.24) is 0 Å². The summed E-state index contributed by atoms with van der Waals surface area (Å²) in [4.78, 5) is 23.7. The predicted octanol–water partition coefficient (Wildman–Crippen LogP) is 1.34. The fraction of sp³-hybridized carbons (Fsp3) is 0.143. The van der Waals surface area contributed by atoms with Crippen LogP contribution in [0.4, 0.5) is 5.69 Å². The van der Waals surface area contributed by atoms with Crippen LogP contribution in [-0.4, -0.2) is 13.1 Å². The first-order chi connectivity index (χ1) is 6.19. The van der Waals surface area contributed by atoms with Gasteiger partial charge in [-0.3, -0.25) is 0 Å². The lowest BCUT2D eigenvalue weighted by molar-refractivity contribution is -0.374. The molecule has 0 atom stereocenters. The molecule has 0 spiro atoms. The monoisotopic (exact) mass is 201 g/mol. The zero-order valence-electron chi connectivity index (χ0n) is 6.70. The van der Waals surface area contributed by atoms with Crippen LogP contribution in [0.3, 0.4) is 0 Å². The van der Waals surface area contributed by atoms with Gasteiger partial charge in [-0.1, -0.05) is 0 Å². The first kappa shape index (κ1) is 9.60. The van der Waals surface area contributed by atoms with E-state index in [4.69, 9.17) is 11.6 Å². The van der Waals surface area contributed by atoms with Crippen LogP contribution in [0, 0.1) is 4.91 Å². The third-order valence-electron chi connectivity index (χ3n) is 1.39. The normalized spacial score (nSPS) is 9.38. The Morgan fingerprint density at radius 1 is 1.69 bits per heavy atom. The molecule has 5 nitrogen and oxygen atoms in total. The topological polar surface area (TPSA) is 69.9 Å². The van der Waals surface area contributed by atoms with Crippen molar-refractivity contribution >= 4 is 23.3 Å². The van der Waals surface area contributed by atoms with Gasteiger partial charge in [0.1, 0.15) is 5.56 Å². The Hall–Kier alpha value is -1.49. The third kappa shape index (κ3) is 2.00. The summed E-state index contributed by atoms with van der Waals surface area (Å²) in [5, 5.41) is 2.71. The number of nitroso groups, excluding NO2 is 1. The van der Waals surface area contributed by atoms with E-state index in [0.717, 1.165) is 0 Å². The molecule has 0 aliphatic rings. The van der Waals surface area contributed by atoms with Gasteiger partial charge in [0.05, 0.1) is 7.11 Å². The van der Waals surface area contributed by atoms with E-state index in [2.05, 4.69) is 14.9 Å². The highest BCUT2D eigenvalue weighted by Gasteiger charge is 2.14. The van der Waals surface area contributed by atoms with E-state index in [1.807, 2.05) is 0 Å². The van der Waals surface area contributed by atoms with E-state index in [1.165, 1.54) is 19.4 Å². The molecule has 0 unspecified atom stereocenters. The van der Waals surface area contributed by atoms with Crippen molar-refractivity contribution in [3.05, 3.63) is 27.9 Å². The summed E-state index contributed by atoms with van der Waals surface area (Å²) in [7, 11) is 1.24. The number of esters is 1. The lowest BCUT2D eigenvalue weighted by Crippen LogP contribution is -2.10. The molecule has 68 valence electrons. The molecule has 0 saturated carbocycles. The van der Waals surface area contributed by atoms with E-state index in [-0.39, 0.29) is 16.4 Å². The lowest BCUT2D eigenvalue weighted by atomic mass is 10.3. The Morgan fingerprint density at radius 3 is 2.92 bits per heavy atom. The van der Waals surface area contributed by atoms with Crippen LogP contribution in [0.15, 0.2) is 17.4 Å². The molecule has 0 aliphatic heterocycles. The van der Waals surface area contributed by atoms with Gasteiger partial charge in [0.15, 0.2) is 11.9 Å². The number of halogens is 1. The Bertz CT molecular complexity index is 354. The second-order valence-electron chi connectivity index (χ2n) is 2.17. The number of aromatic amines is 1. The molecule has 6 heteroatoms. The second-order valence-corrected chi connectivity index (χ2v) is 2.55. The van der Waals surface area contributed by atoms with Crippen molar-refractivity contribution in [2.75, 3.05) is 7.11 Å². The highest BCUT2D eigenvalue weighted by molar-refractivity contribution is 6.30. The van der Waals surface area contributed by atoms with Gasteiger partial charge in [0.2, 0.25) is 0 Å². The minimum Gasteiger partial charge on any atom is -0.465 e. The Kier molecular flexibility index (Phi) is 2.92. The van der Waals surface area contributed by atoms with E-state index in [1.54, 1.807) is 0 Å². The van der Waals surface area contributed by atoms with Crippen LogP contribution < -0.4 is 4.98 Å². The largest absolute Gasteiger partial charge is 0.465 e. The quantitative estimate of drug-likeness (QED) is 0.412. The van der Waals surface area contributed by atoms with Crippen molar-refractivity contribution in [1.29, 1.82) is 0 Å². The molecule has 0 aliphatic carbocycles. The van der Waals surface area contributed by atoms with Gasteiger partial charge >= 0.3 is 11.1 Å². The molecule has 0 aromatic carbocycles. The van der Waals surface area contributed by atoms with Crippen molar-refractivity contribution in [2.45, 2.75) is 0 Å². The Labute approximate surface area is 78.7 Å². The molecule has 0 saturated heterocycles. The van der Waals surface area contributed by atoms with Crippen LogP contribution in [0.1, 0.15) is 10.4 Å². The fourth-order valence-electron chi connectivity index (χ4n) is 0.770. The maximum atomic E-state index is 11.0. The van der Waals surface area contributed by atoms with Crippen molar-refractivity contribution in [2.24, 2.45) is 5.18 Å². The van der Waals surface area contributed by atoms with E-state index in [0.29, 0.717) is 0 Å². The number of H-pyrrole nitrogens is 1. The summed E-state index contributed by atoms with van der Waals surface area (Å²) in [6, 6.07) is 1.25. The van der Waals surface area contributed by atoms with E-state index in [9.17, 15) is 9.70 Å². The standard InChI is InChI=1S/C7H5ClN2O3/c1-13-7(11)4-2-5(10-12)6(8)9-3-4/h2-3H,1H3/p+1. The minimum atomic E-state index is -0.558. The fourth-order valence-corrected chi connectivity index (χ4v) is 0.913. The van der Waals surface area contributed by atoms with Crippen molar-refractivity contribution in [3.63, 3.8) is 0 Å². The summed E-state index contributed by atoms with van der Waals surface area (Å²) < 4.78 is 4.43. The highest BCUT2D eigenvalue weighted by atomic mass is 35.5. The van der Waals surface area contributed by atoms with Gasteiger partial charge in [-0.25, -0.2) is 4.79 Å². The second kappa shape index (κ2) is 3.95. The molecular formula is C7H6ClN2O3+. The lowest BCUT2D eigenvalue weighted by Gasteiger charge is -1.95. The van der Waals surface area contributed by atoms with Crippen LogP contribution in [0.2, 0.25) is 5.15 Å². The number of rotatable bonds is 2. The van der Waals surface area contributed by atoms with Gasteiger partial charge in [0, 0.05) is 0 Å². The number of nitrogens with one attached hydrogen (secondary N) is 1. The number of carbonyl (C=O) groups is 1. The Balaban J connectivity index is 3.13. The van der Waals surface area contributed by atoms with Crippen LogP contribution >= 0.6 is 11.6 Å². The highest BCUT2D eigenvalue weighted by Crippen LogP contribution is 2.20. The van der Waals surface area contributed by atoms with Gasteiger partial charge in [0.25, 0.3) is 0 Å². The van der Waals surface area contributed by atoms with E-state index >= 15 is 0 Å². The molecule has 1 aromatic heterocycles. The molecular weight excluding hydrogens is 196 g/mol. The average molecular weight is 202 g/mol. The number of carbonyl (C=O) groups excluding carboxylic acids is 1. The summed E-state index contributed by atoms with van der Waals surface area (Å²) in [5.74, 6) is -0.558. The van der Waals surface area contributed by atoms with Crippen LogP contribution in [-0.2, 0) is 4.74 Å². The molecule has 0 bridgehead atoms. The molecule has 1 N–H and O–H groups in total. The summed E-state index contributed by atoms with van der Waals surface area (Å²) in [6.45, 7) is 0. The summed E-state index contributed by atoms with van der Waals surface area (Å²) in [5.41, 5.74) is 0.172. The zero-order chi connectivity index (χ0) is 9.84. The van der Waals surface area contributed by atoms with Crippen molar-refractivity contribution < 1.29 is 14.5 Å². The maximum Gasteiger partial charge on any atom is 0.344 e. The number of pyridine rings is 1.